The summed E-state index contributed by atoms with van der Waals surface area (Å²) in [4.78, 5) is 2.29. The van der Waals surface area contributed by atoms with Crippen LogP contribution < -0.4 is 10.6 Å². The van der Waals surface area contributed by atoms with E-state index in [4.69, 9.17) is 5.73 Å². The summed E-state index contributed by atoms with van der Waals surface area (Å²) in [6.07, 6.45) is 4.20. The summed E-state index contributed by atoms with van der Waals surface area (Å²) in [7, 11) is 2.14. The standard InChI is InChI=1S/C12H18N2/c1-14(8-7-10-5-6-10)12-4-2-3-11(13)9-12/h2-4,9-10H,5-8,13H2,1H3. The van der Waals surface area contributed by atoms with E-state index in [-0.39, 0.29) is 0 Å². The van der Waals surface area contributed by atoms with Crippen LogP contribution in [0.2, 0.25) is 0 Å². The molecule has 0 spiro atoms. The lowest BCUT2D eigenvalue weighted by Gasteiger charge is -2.19. The maximum Gasteiger partial charge on any atom is 0.0384 e. The van der Waals surface area contributed by atoms with Gasteiger partial charge in [-0.25, -0.2) is 0 Å². The molecule has 1 aliphatic rings. The summed E-state index contributed by atoms with van der Waals surface area (Å²) < 4.78 is 0. The van der Waals surface area contributed by atoms with Crippen LogP contribution in [0.5, 0.6) is 0 Å². The van der Waals surface area contributed by atoms with E-state index in [1.807, 2.05) is 18.2 Å². The van der Waals surface area contributed by atoms with Crippen molar-refractivity contribution in [3.05, 3.63) is 24.3 Å². The molecule has 0 aliphatic heterocycles. The van der Waals surface area contributed by atoms with Crippen LogP contribution in [0.3, 0.4) is 0 Å². The number of hydrogen-bond donors (Lipinski definition) is 1. The number of hydrogen-bond acceptors (Lipinski definition) is 2. The van der Waals surface area contributed by atoms with Crippen molar-refractivity contribution in [1.82, 2.24) is 0 Å². The largest absolute Gasteiger partial charge is 0.399 e. The fourth-order valence-electron chi connectivity index (χ4n) is 1.67. The van der Waals surface area contributed by atoms with Gasteiger partial charge in [0.05, 0.1) is 0 Å². The van der Waals surface area contributed by atoms with Crippen molar-refractivity contribution in [1.29, 1.82) is 0 Å². The molecule has 1 fully saturated rings. The lowest BCUT2D eigenvalue weighted by Crippen LogP contribution is -2.18. The molecule has 0 amide bonds. The van der Waals surface area contributed by atoms with Crippen molar-refractivity contribution in [3.8, 4) is 0 Å². The molecule has 2 N–H and O–H groups in total. The van der Waals surface area contributed by atoms with Gasteiger partial charge in [0.25, 0.3) is 0 Å². The Hall–Kier alpha value is -1.18. The summed E-state index contributed by atoms with van der Waals surface area (Å²) in [5, 5.41) is 0. The van der Waals surface area contributed by atoms with E-state index in [2.05, 4.69) is 18.0 Å². The molecule has 76 valence electrons. The highest BCUT2D eigenvalue weighted by Gasteiger charge is 2.21. The van der Waals surface area contributed by atoms with Crippen LogP contribution in [0.4, 0.5) is 11.4 Å². The minimum absolute atomic E-state index is 0.848. The van der Waals surface area contributed by atoms with E-state index in [0.717, 1.165) is 18.2 Å². The average Bonchev–Trinajstić information content (AvgIpc) is 2.97. The Labute approximate surface area is 85.7 Å². The van der Waals surface area contributed by atoms with E-state index in [1.165, 1.54) is 24.9 Å². The maximum atomic E-state index is 5.74. The lowest BCUT2D eigenvalue weighted by atomic mass is 10.2. The van der Waals surface area contributed by atoms with Crippen molar-refractivity contribution >= 4 is 11.4 Å². The van der Waals surface area contributed by atoms with Gasteiger partial charge in [0.2, 0.25) is 0 Å². The van der Waals surface area contributed by atoms with Crippen LogP contribution >= 0.6 is 0 Å². The first-order chi connectivity index (χ1) is 6.75. The summed E-state index contributed by atoms with van der Waals surface area (Å²) in [6, 6.07) is 8.09. The Morgan fingerprint density at radius 1 is 1.43 bits per heavy atom. The first-order valence-corrected chi connectivity index (χ1v) is 5.32. The van der Waals surface area contributed by atoms with Crippen LogP contribution in [0.25, 0.3) is 0 Å². The van der Waals surface area contributed by atoms with Gasteiger partial charge in [0.15, 0.2) is 0 Å². The van der Waals surface area contributed by atoms with Crippen LogP contribution in [-0.4, -0.2) is 13.6 Å². The molecule has 0 unspecified atom stereocenters. The van der Waals surface area contributed by atoms with Crippen molar-refractivity contribution in [2.75, 3.05) is 24.2 Å². The topological polar surface area (TPSA) is 29.3 Å². The monoisotopic (exact) mass is 190 g/mol. The number of nitrogen functional groups attached to an aromatic ring is 1. The number of nitrogens with zero attached hydrogens (tertiary/aromatic N) is 1. The number of benzene rings is 1. The van der Waals surface area contributed by atoms with Gasteiger partial charge in [0.1, 0.15) is 0 Å². The molecule has 0 saturated heterocycles. The summed E-state index contributed by atoms with van der Waals surface area (Å²) in [5.74, 6) is 0.999. The van der Waals surface area contributed by atoms with Gasteiger partial charge in [-0.1, -0.05) is 18.9 Å². The summed E-state index contributed by atoms with van der Waals surface area (Å²) in [5.41, 5.74) is 7.81. The van der Waals surface area contributed by atoms with Gasteiger partial charge >= 0.3 is 0 Å². The third kappa shape index (κ3) is 2.41. The fourth-order valence-corrected chi connectivity index (χ4v) is 1.67. The third-order valence-electron chi connectivity index (χ3n) is 2.88. The lowest BCUT2D eigenvalue weighted by molar-refractivity contribution is 0.711. The Morgan fingerprint density at radius 3 is 2.86 bits per heavy atom. The molecule has 1 aromatic rings. The molecule has 1 aliphatic carbocycles. The predicted octanol–water partition coefficient (Wildman–Crippen LogP) is 2.51. The Bertz CT molecular complexity index is 305. The highest BCUT2D eigenvalue weighted by molar-refractivity contribution is 5.55. The fraction of sp³-hybridized carbons (Fsp3) is 0.500. The highest BCUT2D eigenvalue weighted by atomic mass is 15.1. The Kier molecular flexibility index (Phi) is 2.62. The molecule has 2 nitrogen and oxygen atoms in total. The van der Waals surface area contributed by atoms with Gasteiger partial charge in [-0.2, -0.15) is 0 Å². The normalized spacial score (nSPS) is 15.5. The van der Waals surface area contributed by atoms with Crippen molar-refractivity contribution < 1.29 is 0 Å². The van der Waals surface area contributed by atoms with Crippen molar-refractivity contribution in [2.24, 2.45) is 5.92 Å². The van der Waals surface area contributed by atoms with Crippen molar-refractivity contribution in [2.45, 2.75) is 19.3 Å². The Morgan fingerprint density at radius 2 is 2.21 bits per heavy atom. The van der Waals surface area contributed by atoms with E-state index >= 15 is 0 Å². The van der Waals surface area contributed by atoms with Crippen LogP contribution in [-0.2, 0) is 0 Å². The number of nitrogens with two attached hydrogens (primary N) is 1. The summed E-state index contributed by atoms with van der Waals surface area (Å²) >= 11 is 0. The first-order valence-electron chi connectivity index (χ1n) is 5.32. The molecule has 2 rings (SSSR count). The van der Waals surface area contributed by atoms with Gasteiger partial charge in [-0.05, 0) is 30.5 Å². The second-order valence-electron chi connectivity index (χ2n) is 4.25. The Balaban J connectivity index is 1.91. The second-order valence-corrected chi connectivity index (χ2v) is 4.25. The van der Waals surface area contributed by atoms with E-state index < -0.39 is 0 Å². The van der Waals surface area contributed by atoms with E-state index in [1.54, 1.807) is 0 Å². The molecule has 2 heteroatoms. The van der Waals surface area contributed by atoms with E-state index in [0.29, 0.717) is 0 Å². The molecule has 0 heterocycles. The molecular formula is C12H18N2. The quantitative estimate of drug-likeness (QED) is 0.739. The molecule has 0 atom stereocenters. The average molecular weight is 190 g/mol. The molecular weight excluding hydrogens is 172 g/mol. The zero-order valence-electron chi connectivity index (χ0n) is 8.74. The molecule has 14 heavy (non-hydrogen) atoms. The molecule has 0 radical (unpaired) electrons. The molecule has 0 aromatic heterocycles. The molecule has 1 aromatic carbocycles. The van der Waals surface area contributed by atoms with Crippen LogP contribution in [0, 0.1) is 5.92 Å². The zero-order valence-corrected chi connectivity index (χ0v) is 8.74. The van der Waals surface area contributed by atoms with Gasteiger partial charge in [-0.3, -0.25) is 0 Å². The smallest absolute Gasteiger partial charge is 0.0384 e. The minimum atomic E-state index is 0.848. The highest BCUT2D eigenvalue weighted by Crippen LogP contribution is 2.32. The first kappa shape index (κ1) is 9.38. The van der Waals surface area contributed by atoms with E-state index in [9.17, 15) is 0 Å². The summed E-state index contributed by atoms with van der Waals surface area (Å²) in [6.45, 7) is 1.15. The van der Waals surface area contributed by atoms with Gasteiger partial charge < -0.3 is 10.6 Å². The third-order valence-corrected chi connectivity index (χ3v) is 2.88. The van der Waals surface area contributed by atoms with Gasteiger partial charge in [-0.15, -0.1) is 0 Å². The number of anilines is 2. The van der Waals surface area contributed by atoms with Crippen LogP contribution in [0.1, 0.15) is 19.3 Å². The predicted molar refractivity (Wildman–Crippen MR) is 61.5 cm³/mol. The second kappa shape index (κ2) is 3.91. The number of rotatable bonds is 4. The SMILES string of the molecule is CN(CCC1CC1)c1cccc(N)c1. The molecule has 0 bridgehead atoms. The zero-order chi connectivity index (χ0) is 9.97. The van der Waals surface area contributed by atoms with Crippen molar-refractivity contribution in [3.63, 3.8) is 0 Å². The van der Waals surface area contributed by atoms with Crippen LogP contribution in [0.15, 0.2) is 24.3 Å². The van der Waals surface area contributed by atoms with Gasteiger partial charge in [0, 0.05) is 25.0 Å². The maximum absolute atomic E-state index is 5.74. The molecule has 1 saturated carbocycles. The minimum Gasteiger partial charge on any atom is -0.399 e.